The number of urea groups is 1. The molecule has 0 saturated carbocycles. The summed E-state index contributed by atoms with van der Waals surface area (Å²) in [5.74, 6) is 0. The Labute approximate surface area is 150 Å². The molecule has 2 aliphatic rings. The van der Waals surface area contributed by atoms with Crippen LogP contribution in [0.3, 0.4) is 0 Å². The molecular weight excluding hydrogens is 312 g/mol. The minimum absolute atomic E-state index is 0.0741. The standard InChI is InChI=1S/C20H28N4O/c1-2-11-23-14-9-18(10-15-23)22-20(25)21-16-17-5-7-19(8-6-17)24-12-3-4-13-24/h2-8,18H,1,9-16H2,(H2,21,22,25). The zero-order valence-corrected chi connectivity index (χ0v) is 14.8. The largest absolute Gasteiger partial charge is 0.364 e. The minimum atomic E-state index is -0.0741. The van der Waals surface area contributed by atoms with Crippen molar-refractivity contribution in [2.75, 3.05) is 37.6 Å². The molecule has 1 fully saturated rings. The number of hydrogen-bond acceptors (Lipinski definition) is 3. The van der Waals surface area contributed by atoms with Crippen LogP contribution in [-0.4, -0.2) is 49.7 Å². The molecule has 25 heavy (non-hydrogen) atoms. The number of carbonyl (C=O) groups is 1. The lowest BCUT2D eigenvalue weighted by atomic mass is 10.1. The molecule has 1 aromatic carbocycles. The van der Waals surface area contributed by atoms with Crippen molar-refractivity contribution < 1.29 is 4.79 Å². The summed E-state index contributed by atoms with van der Waals surface area (Å²) in [6.45, 7) is 9.25. The van der Waals surface area contributed by atoms with E-state index < -0.39 is 0 Å². The van der Waals surface area contributed by atoms with Gasteiger partial charge in [0.05, 0.1) is 0 Å². The second-order valence-electron chi connectivity index (χ2n) is 6.73. The van der Waals surface area contributed by atoms with Crippen LogP contribution in [0, 0.1) is 0 Å². The van der Waals surface area contributed by atoms with Gasteiger partial charge < -0.3 is 15.5 Å². The molecule has 5 heteroatoms. The Morgan fingerprint density at radius 1 is 1.16 bits per heavy atom. The molecule has 0 bridgehead atoms. The summed E-state index contributed by atoms with van der Waals surface area (Å²) in [6, 6.07) is 8.61. The summed E-state index contributed by atoms with van der Waals surface area (Å²) in [7, 11) is 0. The van der Waals surface area contributed by atoms with Crippen LogP contribution in [0.15, 0.2) is 49.1 Å². The topological polar surface area (TPSA) is 47.6 Å². The van der Waals surface area contributed by atoms with E-state index in [9.17, 15) is 4.79 Å². The third-order valence-corrected chi connectivity index (χ3v) is 4.88. The third kappa shape index (κ3) is 5.10. The Hall–Kier alpha value is -2.27. The SMILES string of the molecule is C=CCN1CCC(NC(=O)NCc2ccc(N3CC=CC3)cc2)CC1. The van der Waals surface area contributed by atoms with Gasteiger partial charge in [-0.1, -0.05) is 30.4 Å². The number of rotatable bonds is 6. The first-order valence-corrected chi connectivity index (χ1v) is 9.11. The third-order valence-electron chi connectivity index (χ3n) is 4.88. The maximum absolute atomic E-state index is 12.1. The number of amides is 2. The predicted molar refractivity (Wildman–Crippen MR) is 103 cm³/mol. The van der Waals surface area contributed by atoms with Crippen molar-refractivity contribution in [2.24, 2.45) is 0 Å². The van der Waals surface area contributed by atoms with Crippen molar-refractivity contribution in [3.8, 4) is 0 Å². The highest BCUT2D eigenvalue weighted by molar-refractivity contribution is 5.74. The Morgan fingerprint density at radius 2 is 1.84 bits per heavy atom. The van der Waals surface area contributed by atoms with E-state index >= 15 is 0 Å². The van der Waals surface area contributed by atoms with Gasteiger partial charge in [0.15, 0.2) is 0 Å². The Balaban J connectivity index is 1.38. The molecule has 2 N–H and O–H groups in total. The van der Waals surface area contributed by atoms with Crippen LogP contribution in [-0.2, 0) is 6.54 Å². The zero-order valence-electron chi connectivity index (χ0n) is 14.8. The first-order chi connectivity index (χ1) is 12.2. The van der Waals surface area contributed by atoms with Crippen molar-refractivity contribution >= 4 is 11.7 Å². The van der Waals surface area contributed by atoms with Crippen LogP contribution < -0.4 is 15.5 Å². The number of nitrogens with one attached hydrogen (secondary N) is 2. The molecule has 0 aromatic heterocycles. The normalized spacial score (nSPS) is 18.3. The molecule has 2 heterocycles. The van der Waals surface area contributed by atoms with Gasteiger partial charge >= 0.3 is 6.03 Å². The molecule has 5 nitrogen and oxygen atoms in total. The number of benzene rings is 1. The van der Waals surface area contributed by atoms with Crippen LogP contribution in [0.2, 0.25) is 0 Å². The lowest BCUT2D eigenvalue weighted by Gasteiger charge is -2.31. The maximum Gasteiger partial charge on any atom is 0.315 e. The van der Waals surface area contributed by atoms with Gasteiger partial charge in [-0.3, -0.25) is 4.90 Å². The van der Waals surface area contributed by atoms with Crippen molar-refractivity contribution in [2.45, 2.75) is 25.4 Å². The number of piperidine rings is 1. The fourth-order valence-corrected chi connectivity index (χ4v) is 3.37. The Morgan fingerprint density at radius 3 is 2.48 bits per heavy atom. The lowest BCUT2D eigenvalue weighted by molar-refractivity contribution is 0.204. The molecule has 2 aliphatic heterocycles. The van der Waals surface area contributed by atoms with E-state index in [1.54, 1.807) is 0 Å². The van der Waals surface area contributed by atoms with Gasteiger partial charge in [0.1, 0.15) is 0 Å². The quantitative estimate of drug-likeness (QED) is 0.782. The number of hydrogen-bond donors (Lipinski definition) is 2. The average molecular weight is 340 g/mol. The van der Waals surface area contributed by atoms with Crippen molar-refractivity contribution in [3.63, 3.8) is 0 Å². The summed E-state index contributed by atoms with van der Waals surface area (Å²) in [4.78, 5) is 16.8. The first-order valence-electron chi connectivity index (χ1n) is 9.11. The molecule has 1 aromatic rings. The van der Waals surface area contributed by atoms with E-state index in [1.165, 1.54) is 5.69 Å². The van der Waals surface area contributed by atoms with Gasteiger partial charge in [0.25, 0.3) is 0 Å². The maximum atomic E-state index is 12.1. The van der Waals surface area contributed by atoms with E-state index in [1.807, 2.05) is 6.08 Å². The molecule has 0 aliphatic carbocycles. The zero-order chi connectivity index (χ0) is 17.5. The molecule has 0 radical (unpaired) electrons. The summed E-state index contributed by atoms with van der Waals surface area (Å²) in [5.41, 5.74) is 2.34. The van der Waals surface area contributed by atoms with Crippen LogP contribution in [0.1, 0.15) is 18.4 Å². The Bertz CT molecular complexity index is 595. The lowest BCUT2D eigenvalue weighted by Crippen LogP contribution is -2.47. The molecule has 0 spiro atoms. The van der Waals surface area contributed by atoms with Crippen LogP contribution in [0.25, 0.3) is 0 Å². The van der Waals surface area contributed by atoms with Crippen molar-refractivity contribution in [3.05, 3.63) is 54.6 Å². The molecule has 1 saturated heterocycles. The summed E-state index contributed by atoms with van der Waals surface area (Å²) >= 11 is 0. The number of anilines is 1. The molecular formula is C20H28N4O. The fourth-order valence-electron chi connectivity index (χ4n) is 3.37. The fraction of sp³-hybridized carbons (Fsp3) is 0.450. The summed E-state index contributed by atoms with van der Waals surface area (Å²) in [6.07, 6.45) is 8.30. The average Bonchev–Trinajstić information content (AvgIpc) is 3.17. The molecule has 2 amide bonds. The van der Waals surface area contributed by atoms with Crippen molar-refractivity contribution in [1.82, 2.24) is 15.5 Å². The van der Waals surface area contributed by atoms with E-state index in [4.69, 9.17) is 0 Å². The summed E-state index contributed by atoms with van der Waals surface area (Å²) < 4.78 is 0. The monoisotopic (exact) mass is 340 g/mol. The highest BCUT2D eigenvalue weighted by atomic mass is 16.2. The highest BCUT2D eigenvalue weighted by Crippen LogP contribution is 2.17. The first kappa shape index (κ1) is 17.5. The molecule has 0 atom stereocenters. The number of likely N-dealkylation sites (tertiary alicyclic amines) is 1. The Kier molecular flexibility index (Phi) is 6.12. The number of carbonyl (C=O) groups excluding carboxylic acids is 1. The van der Waals surface area contributed by atoms with Gasteiger partial charge in [-0.2, -0.15) is 0 Å². The van der Waals surface area contributed by atoms with Crippen LogP contribution in [0.5, 0.6) is 0 Å². The number of nitrogens with zero attached hydrogens (tertiary/aromatic N) is 2. The summed E-state index contributed by atoms with van der Waals surface area (Å²) in [5, 5.41) is 6.05. The van der Waals surface area contributed by atoms with E-state index in [0.717, 1.165) is 51.1 Å². The van der Waals surface area contributed by atoms with Crippen LogP contribution >= 0.6 is 0 Å². The molecule has 3 rings (SSSR count). The van der Waals surface area contributed by atoms with Gasteiger partial charge in [-0.05, 0) is 30.5 Å². The van der Waals surface area contributed by atoms with Gasteiger partial charge in [-0.15, -0.1) is 6.58 Å². The minimum Gasteiger partial charge on any atom is -0.364 e. The molecule has 0 unspecified atom stereocenters. The van der Waals surface area contributed by atoms with Gasteiger partial charge in [0, 0.05) is 51.0 Å². The second kappa shape index (κ2) is 8.72. The van der Waals surface area contributed by atoms with Gasteiger partial charge in [0.2, 0.25) is 0 Å². The highest BCUT2D eigenvalue weighted by Gasteiger charge is 2.19. The smallest absolute Gasteiger partial charge is 0.315 e. The van der Waals surface area contributed by atoms with Crippen molar-refractivity contribution in [1.29, 1.82) is 0 Å². The van der Waals surface area contributed by atoms with Gasteiger partial charge in [-0.25, -0.2) is 4.79 Å². The van der Waals surface area contributed by atoms with E-state index in [-0.39, 0.29) is 12.1 Å². The molecule has 134 valence electrons. The van der Waals surface area contributed by atoms with Crippen LogP contribution in [0.4, 0.5) is 10.5 Å². The second-order valence-corrected chi connectivity index (χ2v) is 6.73. The predicted octanol–water partition coefficient (Wildman–Crippen LogP) is 2.51. The van der Waals surface area contributed by atoms with E-state index in [0.29, 0.717) is 6.54 Å². The van der Waals surface area contributed by atoms with E-state index in [2.05, 4.69) is 63.4 Å².